The van der Waals surface area contributed by atoms with Crippen LogP contribution in [0.4, 0.5) is 10.5 Å². The average Bonchev–Trinajstić information content (AvgIpc) is 2.70. The fourth-order valence-corrected chi connectivity index (χ4v) is 3.03. The van der Waals surface area contributed by atoms with Crippen molar-refractivity contribution in [2.24, 2.45) is 0 Å². The van der Waals surface area contributed by atoms with Crippen molar-refractivity contribution in [2.45, 2.75) is 25.4 Å². The highest BCUT2D eigenvalue weighted by molar-refractivity contribution is 9.10. The molecule has 0 saturated carbocycles. The number of benzene rings is 1. The van der Waals surface area contributed by atoms with Crippen LogP contribution in [-0.2, 0) is 4.74 Å². The van der Waals surface area contributed by atoms with E-state index in [2.05, 4.69) is 21.2 Å². The number of amides is 1. The minimum absolute atomic E-state index is 0.231. The van der Waals surface area contributed by atoms with Gasteiger partial charge in [0.15, 0.2) is 0 Å². The molecule has 1 atom stereocenters. The molecule has 1 N–H and O–H groups in total. The average molecular weight is 325 g/mol. The topological polar surface area (TPSA) is 41.6 Å². The summed E-state index contributed by atoms with van der Waals surface area (Å²) in [6, 6.07) is 5.94. The molecular formula is C14H17BrN2O2. The molecule has 2 aliphatic heterocycles. The quantitative estimate of drug-likeness (QED) is 0.863. The fraction of sp³-hybridized carbons (Fsp3) is 0.500. The minimum Gasteiger partial charge on any atom is -0.439 e. The Morgan fingerprint density at radius 1 is 1.47 bits per heavy atom. The lowest BCUT2D eigenvalue weighted by Gasteiger charge is -2.31. The number of hydrogen-bond acceptors (Lipinski definition) is 3. The van der Waals surface area contributed by atoms with Gasteiger partial charge < -0.3 is 10.1 Å². The van der Waals surface area contributed by atoms with Gasteiger partial charge in [0.05, 0.1) is 6.54 Å². The zero-order valence-electron chi connectivity index (χ0n) is 10.9. The van der Waals surface area contributed by atoms with Gasteiger partial charge in [-0.15, -0.1) is 0 Å². The van der Waals surface area contributed by atoms with Crippen LogP contribution < -0.4 is 10.2 Å². The highest BCUT2D eigenvalue weighted by Crippen LogP contribution is 2.33. The van der Waals surface area contributed by atoms with E-state index in [4.69, 9.17) is 4.74 Å². The summed E-state index contributed by atoms with van der Waals surface area (Å²) >= 11 is 3.48. The van der Waals surface area contributed by atoms with E-state index in [1.54, 1.807) is 4.90 Å². The molecule has 102 valence electrons. The molecule has 0 radical (unpaired) electrons. The number of piperidine rings is 1. The summed E-state index contributed by atoms with van der Waals surface area (Å²) in [6.45, 7) is 4.42. The maximum absolute atomic E-state index is 12.1. The zero-order chi connectivity index (χ0) is 13.5. The van der Waals surface area contributed by atoms with Crippen LogP contribution >= 0.6 is 15.9 Å². The van der Waals surface area contributed by atoms with E-state index in [0.29, 0.717) is 6.54 Å². The lowest BCUT2D eigenvalue weighted by Crippen LogP contribution is -2.48. The SMILES string of the molecule is Cc1cc(N2CC3(CCCNC3)OC2=O)ccc1Br. The van der Waals surface area contributed by atoms with Crippen LogP contribution in [0.3, 0.4) is 0 Å². The first-order valence-corrected chi connectivity index (χ1v) is 7.36. The number of hydrogen-bond donors (Lipinski definition) is 1. The molecule has 1 spiro atoms. The summed E-state index contributed by atoms with van der Waals surface area (Å²) in [5.74, 6) is 0. The van der Waals surface area contributed by atoms with Gasteiger partial charge in [0.2, 0.25) is 0 Å². The maximum atomic E-state index is 12.1. The third kappa shape index (κ3) is 2.37. The summed E-state index contributed by atoms with van der Waals surface area (Å²) < 4.78 is 6.69. The molecule has 0 aromatic heterocycles. The predicted molar refractivity (Wildman–Crippen MR) is 77.5 cm³/mol. The van der Waals surface area contributed by atoms with Crippen LogP contribution in [-0.4, -0.2) is 31.3 Å². The fourth-order valence-electron chi connectivity index (χ4n) is 2.78. The van der Waals surface area contributed by atoms with Crippen molar-refractivity contribution in [1.29, 1.82) is 0 Å². The summed E-state index contributed by atoms with van der Waals surface area (Å²) in [5, 5.41) is 3.32. The number of carbonyl (C=O) groups is 1. The largest absolute Gasteiger partial charge is 0.439 e. The first-order chi connectivity index (χ1) is 9.10. The van der Waals surface area contributed by atoms with E-state index >= 15 is 0 Å². The standard InChI is InChI=1S/C14H17BrN2O2/c1-10-7-11(3-4-12(10)15)17-9-14(19-13(17)18)5-2-6-16-8-14/h3-4,7,16H,2,5-6,8-9H2,1H3. The number of halogens is 1. The van der Waals surface area contributed by atoms with Crippen molar-refractivity contribution in [3.8, 4) is 0 Å². The first-order valence-electron chi connectivity index (χ1n) is 6.57. The number of nitrogens with one attached hydrogen (secondary N) is 1. The lowest BCUT2D eigenvalue weighted by atomic mass is 9.94. The van der Waals surface area contributed by atoms with Gasteiger partial charge in [-0.1, -0.05) is 15.9 Å². The molecule has 5 heteroatoms. The van der Waals surface area contributed by atoms with E-state index in [9.17, 15) is 4.79 Å². The Balaban J connectivity index is 1.85. The summed E-state index contributed by atoms with van der Waals surface area (Å²) in [5.41, 5.74) is 1.69. The molecule has 3 rings (SSSR count). The van der Waals surface area contributed by atoms with Crippen LogP contribution in [0.5, 0.6) is 0 Å². The van der Waals surface area contributed by atoms with Crippen LogP contribution in [0, 0.1) is 6.92 Å². The maximum Gasteiger partial charge on any atom is 0.415 e. The normalized spacial score (nSPS) is 26.8. The number of ether oxygens (including phenoxy) is 1. The molecule has 1 aromatic rings. The van der Waals surface area contributed by atoms with Crippen molar-refractivity contribution in [3.63, 3.8) is 0 Å². The van der Waals surface area contributed by atoms with Crippen LogP contribution in [0.2, 0.25) is 0 Å². The third-order valence-corrected chi connectivity index (χ3v) is 4.75. The first kappa shape index (κ1) is 12.9. The van der Waals surface area contributed by atoms with Gasteiger partial charge >= 0.3 is 6.09 Å². The predicted octanol–water partition coefficient (Wildman–Crippen LogP) is 2.84. The molecular weight excluding hydrogens is 308 g/mol. The van der Waals surface area contributed by atoms with Gasteiger partial charge in [0.25, 0.3) is 0 Å². The van der Waals surface area contributed by atoms with E-state index in [0.717, 1.165) is 41.7 Å². The highest BCUT2D eigenvalue weighted by atomic mass is 79.9. The molecule has 2 heterocycles. The molecule has 4 nitrogen and oxygen atoms in total. The Morgan fingerprint density at radius 3 is 3.00 bits per heavy atom. The molecule has 2 aliphatic rings. The van der Waals surface area contributed by atoms with E-state index in [-0.39, 0.29) is 11.7 Å². The van der Waals surface area contributed by atoms with Crippen LogP contribution in [0.15, 0.2) is 22.7 Å². The van der Waals surface area contributed by atoms with Gasteiger partial charge in [0.1, 0.15) is 5.60 Å². The molecule has 0 aliphatic carbocycles. The van der Waals surface area contributed by atoms with Crippen molar-refractivity contribution < 1.29 is 9.53 Å². The Hall–Kier alpha value is -1.07. The molecule has 19 heavy (non-hydrogen) atoms. The lowest BCUT2D eigenvalue weighted by molar-refractivity contribution is 0.0366. The van der Waals surface area contributed by atoms with Gasteiger partial charge in [-0.3, -0.25) is 4.90 Å². The van der Waals surface area contributed by atoms with E-state index < -0.39 is 0 Å². The number of nitrogens with zero attached hydrogens (tertiary/aromatic N) is 1. The van der Waals surface area contributed by atoms with Crippen molar-refractivity contribution >= 4 is 27.7 Å². The van der Waals surface area contributed by atoms with Crippen LogP contribution in [0.25, 0.3) is 0 Å². The number of rotatable bonds is 1. The second kappa shape index (κ2) is 4.80. The number of aryl methyl sites for hydroxylation is 1. The van der Waals surface area contributed by atoms with Crippen molar-refractivity contribution in [2.75, 3.05) is 24.5 Å². The molecule has 1 amide bonds. The number of carbonyl (C=O) groups excluding carboxylic acids is 1. The molecule has 2 fully saturated rings. The van der Waals surface area contributed by atoms with Gasteiger partial charge in [-0.05, 0) is 50.1 Å². The minimum atomic E-state index is -0.337. The molecule has 1 aromatic carbocycles. The zero-order valence-corrected chi connectivity index (χ0v) is 12.5. The van der Waals surface area contributed by atoms with Gasteiger partial charge in [-0.2, -0.15) is 0 Å². The molecule has 1 unspecified atom stereocenters. The van der Waals surface area contributed by atoms with Gasteiger partial charge in [-0.25, -0.2) is 4.79 Å². The number of anilines is 1. The Morgan fingerprint density at radius 2 is 2.32 bits per heavy atom. The Bertz CT molecular complexity index is 512. The highest BCUT2D eigenvalue weighted by Gasteiger charge is 2.46. The Labute approximate surface area is 121 Å². The Kier molecular flexibility index (Phi) is 3.27. The van der Waals surface area contributed by atoms with E-state index in [1.165, 1.54) is 0 Å². The molecule has 0 bridgehead atoms. The second-order valence-corrected chi connectivity index (χ2v) is 6.21. The summed E-state index contributed by atoms with van der Waals surface area (Å²) in [6.07, 6.45) is 1.77. The van der Waals surface area contributed by atoms with E-state index in [1.807, 2.05) is 25.1 Å². The second-order valence-electron chi connectivity index (χ2n) is 5.35. The molecule has 2 saturated heterocycles. The van der Waals surface area contributed by atoms with Gasteiger partial charge in [0, 0.05) is 16.7 Å². The van der Waals surface area contributed by atoms with Crippen molar-refractivity contribution in [3.05, 3.63) is 28.2 Å². The monoisotopic (exact) mass is 324 g/mol. The third-order valence-electron chi connectivity index (χ3n) is 3.86. The summed E-state index contributed by atoms with van der Waals surface area (Å²) in [4.78, 5) is 13.9. The van der Waals surface area contributed by atoms with Crippen LogP contribution in [0.1, 0.15) is 18.4 Å². The smallest absolute Gasteiger partial charge is 0.415 e. The van der Waals surface area contributed by atoms with Crippen molar-refractivity contribution in [1.82, 2.24) is 5.32 Å². The summed E-state index contributed by atoms with van der Waals surface area (Å²) in [7, 11) is 0.